The SMILES string of the molecule is C=C/C(Cl)=C(F)\C=C/C[C@H]1CNC[C@H]1/C=C/C(F)=C(Cl)\C=C(/C)NC=O.CC(C)(C)C.O=CNCCCC(CO)CO. The van der Waals surface area contributed by atoms with E-state index in [9.17, 15) is 18.4 Å². The van der Waals surface area contributed by atoms with Gasteiger partial charge < -0.3 is 26.2 Å². The molecule has 1 fully saturated rings. The minimum atomic E-state index is -0.591. The monoisotopic (exact) mass is 635 g/mol. The predicted octanol–water partition coefficient (Wildman–Crippen LogP) is 6.17. The summed E-state index contributed by atoms with van der Waals surface area (Å²) in [7, 11) is 0. The van der Waals surface area contributed by atoms with Crippen molar-refractivity contribution >= 4 is 36.0 Å². The van der Waals surface area contributed by atoms with Gasteiger partial charge in [0.05, 0.1) is 10.1 Å². The van der Waals surface area contributed by atoms with Gasteiger partial charge in [-0.1, -0.05) is 69.6 Å². The Labute approximate surface area is 260 Å². The summed E-state index contributed by atoms with van der Waals surface area (Å²) in [6, 6.07) is 0. The van der Waals surface area contributed by atoms with E-state index >= 15 is 0 Å². The molecule has 1 heterocycles. The molecule has 0 radical (unpaired) electrons. The normalized spacial score (nSPS) is 18.4. The predicted molar refractivity (Wildman–Crippen MR) is 170 cm³/mol. The average Bonchev–Trinajstić information content (AvgIpc) is 3.38. The van der Waals surface area contributed by atoms with E-state index < -0.39 is 11.7 Å². The zero-order valence-corrected chi connectivity index (χ0v) is 26.9. The summed E-state index contributed by atoms with van der Waals surface area (Å²) in [4.78, 5) is 20.1. The summed E-state index contributed by atoms with van der Waals surface area (Å²) in [5.41, 5.74) is 0.937. The molecule has 1 rings (SSSR count). The molecule has 0 saturated carbocycles. The summed E-state index contributed by atoms with van der Waals surface area (Å²) in [6.45, 7) is 15.8. The molecule has 5 N–H and O–H groups in total. The minimum Gasteiger partial charge on any atom is -0.396 e. The van der Waals surface area contributed by atoms with E-state index in [4.69, 9.17) is 33.4 Å². The molecule has 0 unspecified atom stereocenters. The van der Waals surface area contributed by atoms with E-state index in [1.165, 1.54) is 24.3 Å². The van der Waals surface area contributed by atoms with Crippen LogP contribution in [-0.4, -0.2) is 55.9 Å². The fourth-order valence-electron chi connectivity index (χ4n) is 3.23. The molecule has 0 bridgehead atoms. The minimum absolute atomic E-state index is 0.0115. The Bertz CT molecular complexity index is 935. The van der Waals surface area contributed by atoms with Crippen molar-refractivity contribution in [1.29, 1.82) is 0 Å². The standard InChI is InChI=1S/C19H22Cl2F2N2O.C7H15NO3.C5H12/c1-3-16(20)18(22)6-4-5-14-10-24-11-15(14)7-8-19(23)17(21)9-13(2)25-12-26;9-4-7(5-10)2-1-3-8-6-11;1-5(2,3)4/h3-4,6-9,12,14-15,24H,1,5,10-11H2,2H3,(H,25,26);6-7,9-10H,1-5H2,(H,8,11);1-4H3/b6-4-,8-7+,13-9+,18-16-,19-17-;;/t14-,15+;;/m0../s1. The van der Waals surface area contributed by atoms with Crippen LogP contribution in [0, 0.1) is 23.2 Å². The number of allylic oxidation sites excluding steroid dienone is 10. The second-order valence-corrected chi connectivity index (χ2v) is 12.0. The lowest BCUT2D eigenvalue weighted by atomic mass is 9.92. The summed E-state index contributed by atoms with van der Waals surface area (Å²) in [5, 5.41) is 25.3. The van der Waals surface area contributed by atoms with Gasteiger partial charge in [-0.3, -0.25) is 9.59 Å². The highest BCUT2D eigenvalue weighted by Crippen LogP contribution is 2.25. The van der Waals surface area contributed by atoms with Gasteiger partial charge in [0, 0.05) is 37.9 Å². The Hall–Kier alpha value is -2.30. The summed E-state index contributed by atoms with van der Waals surface area (Å²) in [6.07, 6.45) is 12.0. The van der Waals surface area contributed by atoms with E-state index in [0.717, 1.165) is 19.4 Å². The first-order valence-corrected chi connectivity index (χ1v) is 14.5. The molecular weight excluding hydrogens is 587 g/mol. The lowest BCUT2D eigenvalue weighted by molar-refractivity contribution is -0.110. The number of aliphatic hydroxyl groups excluding tert-OH is 2. The maximum atomic E-state index is 14.0. The number of nitrogens with one attached hydrogen (secondary N) is 3. The zero-order chi connectivity index (χ0) is 32.6. The van der Waals surface area contributed by atoms with Crippen molar-refractivity contribution in [2.75, 3.05) is 32.8 Å². The lowest BCUT2D eigenvalue weighted by Crippen LogP contribution is -2.16. The second kappa shape index (κ2) is 25.2. The number of hydrogen-bond acceptors (Lipinski definition) is 5. The number of hydrogen-bond donors (Lipinski definition) is 5. The molecule has 2 atom stereocenters. The number of aliphatic hydroxyl groups is 2. The number of halogens is 4. The van der Waals surface area contributed by atoms with Gasteiger partial charge in [-0.15, -0.1) is 0 Å². The maximum absolute atomic E-state index is 14.0. The Morgan fingerprint density at radius 3 is 2.17 bits per heavy atom. The molecule has 2 amide bonds. The van der Waals surface area contributed by atoms with Gasteiger partial charge in [0.15, 0.2) is 0 Å². The van der Waals surface area contributed by atoms with Gasteiger partial charge in [-0.2, -0.15) is 0 Å². The van der Waals surface area contributed by atoms with Crippen LogP contribution in [0.1, 0.15) is 53.9 Å². The number of carbonyl (C=O) groups is 2. The Morgan fingerprint density at radius 1 is 1.05 bits per heavy atom. The van der Waals surface area contributed by atoms with Crippen LogP contribution < -0.4 is 16.0 Å². The summed E-state index contributed by atoms with van der Waals surface area (Å²) < 4.78 is 27.6. The molecule has 1 aliphatic rings. The van der Waals surface area contributed by atoms with Crippen molar-refractivity contribution in [2.45, 2.75) is 53.9 Å². The van der Waals surface area contributed by atoms with Crippen LogP contribution >= 0.6 is 23.2 Å². The maximum Gasteiger partial charge on any atom is 0.211 e. The van der Waals surface area contributed by atoms with Crippen molar-refractivity contribution < 1.29 is 28.6 Å². The first-order valence-electron chi connectivity index (χ1n) is 13.8. The van der Waals surface area contributed by atoms with Crippen LogP contribution in [-0.2, 0) is 9.59 Å². The molecule has 0 aliphatic carbocycles. The van der Waals surface area contributed by atoms with Crippen molar-refractivity contribution in [1.82, 2.24) is 16.0 Å². The number of carbonyl (C=O) groups excluding carboxylic acids is 2. The molecule has 240 valence electrons. The molecule has 7 nitrogen and oxygen atoms in total. The number of rotatable bonds is 16. The van der Waals surface area contributed by atoms with Gasteiger partial charge in [-0.25, -0.2) is 8.78 Å². The molecule has 1 saturated heterocycles. The van der Waals surface area contributed by atoms with Gasteiger partial charge in [0.2, 0.25) is 12.8 Å². The fourth-order valence-corrected chi connectivity index (χ4v) is 3.52. The van der Waals surface area contributed by atoms with Crippen molar-refractivity contribution in [2.24, 2.45) is 23.2 Å². The van der Waals surface area contributed by atoms with Gasteiger partial charge in [0.1, 0.15) is 11.7 Å². The largest absolute Gasteiger partial charge is 0.396 e. The topological polar surface area (TPSA) is 111 Å². The zero-order valence-electron chi connectivity index (χ0n) is 25.4. The van der Waals surface area contributed by atoms with Crippen LogP contribution in [0.5, 0.6) is 0 Å². The molecule has 0 spiro atoms. The van der Waals surface area contributed by atoms with Crippen molar-refractivity contribution in [3.8, 4) is 0 Å². The summed E-state index contributed by atoms with van der Waals surface area (Å²) >= 11 is 11.5. The van der Waals surface area contributed by atoms with Crippen LogP contribution in [0.15, 0.2) is 70.5 Å². The highest BCUT2D eigenvalue weighted by molar-refractivity contribution is 6.31. The van der Waals surface area contributed by atoms with E-state index in [0.29, 0.717) is 43.4 Å². The van der Waals surface area contributed by atoms with Gasteiger partial charge in [-0.05, 0) is 74.3 Å². The second-order valence-electron chi connectivity index (χ2n) is 11.2. The van der Waals surface area contributed by atoms with Crippen LogP contribution in [0.4, 0.5) is 8.78 Å². The van der Waals surface area contributed by atoms with E-state index in [-0.39, 0.29) is 41.0 Å². The molecular formula is C31H49Cl2F2N3O4. The van der Waals surface area contributed by atoms with Crippen molar-refractivity contribution in [3.05, 3.63) is 70.5 Å². The fraction of sp³-hybridized carbons (Fsp3) is 0.548. The molecule has 42 heavy (non-hydrogen) atoms. The third-order valence-electron chi connectivity index (χ3n) is 5.38. The molecule has 0 aromatic carbocycles. The van der Waals surface area contributed by atoms with E-state index in [1.807, 2.05) is 0 Å². The van der Waals surface area contributed by atoms with E-state index in [2.05, 4.69) is 50.2 Å². The summed E-state index contributed by atoms with van der Waals surface area (Å²) in [5.74, 6) is -0.866. The first-order chi connectivity index (χ1) is 19.7. The van der Waals surface area contributed by atoms with Crippen LogP contribution in [0.2, 0.25) is 0 Å². The first kappa shape index (κ1) is 41.8. The van der Waals surface area contributed by atoms with E-state index in [1.54, 1.807) is 19.1 Å². The quantitative estimate of drug-likeness (QED) is 0.0792. The highest BCUT2D eigenvalue weighted by atomic mass is 35.5. The molecule has 1 aliphatic heterocycles. The average molecular weight is 637 g/mol. The smallest absolute Gasteiger partial charge is 0.211 e. The Kier molecular flexibility index (Phi) is 25.1. The Balaban J connectivity index is 0. The highest BCUT2D eigenvalue weighted by Gasteiger charge is 2.23. The molecule has 0 aromatic rings. The van der Waals surface area contributed by atoms with Crippen molar-refractivity contribution in [3.63, 3.8) is 0 Å². The number of amides is 2. The molecule has 11 heteroatoms. The van der Waals surface area contributed by atoms with Gasteiger partial charge in [0.25, 0.3) is 0 Å². The third-order valence-corrected chi connectivity index (χ3v) is 6.01. The van der Waals surface area contributed by atoms with Crippen LogP contribution in [0.25, 0.3) is 0 Å². The Morgan fingerprint density at radius 2 is 1.64 bits per heavy atom. The molecule has 0 aromatic heterocycles. The van der Waals surface area contributed by atoms with Gasteiger partial charge >= 0.3 is 0 Å². The van der Waals surface area contributed by atoms with Crippen LogP contribution in [0.3, 0.4) is 0 Å². The third kappa shape index (κ3) is 24.3. The lowest BCUT2D eigenvalue weighted by Gasteiger charge is -2.12.